The first-order valence-electron chi connectivity index (χ1n) is 10.5. The number of carbonyl (C=O) groups is 2. The summed E-state index contributed by atoms with van der Waals surface area (Å²) in [5.41, 5.74) is 3.15. The molecule has 0 aromatic heterocycles. The van der Waals surface area contributed by atoms with Gasteiger partial charge in [-0.2, -0.15) is 0 Å². The highest BCUT2D eigenvalue weighted by Gasteiger charge is 2.69. The van der Waals surface area contributed by atoms with Crippen LogP contribution in [0.5, 0.6) is 0 Å². The fourth-order valence-corrected chi connectivity index (χ4v) is 6.38. The van der Waals surface area contributed by atoms with E-state index in [0.717, 1.165) is 22.3 Å². The predicted octanol–water partition coefficient (Wildman–Crippen LogP) is 3.76. The first-order valence-corrected chi connectivity index (χ1v) is 10.5. The van der Waals surface area contributed by atoms with Gasteiger partial charge in [-0.15, -0.1) is 0 Å². The van der Waals surface area contributed by atoms with Crippen molar-refractivity contribution in [1.29, 1.82) is 0 Å². The lowest BCUT2D eigenvalue weighted by atomic mass is 9.46. The van der Waals surface area contributed by atoms with Crippen molar-refractivity contribution in [2.24, 2.45) is 11.8 Å². The molecule has 5 heteroatoms. The molecular weight excluding hydrogens is 393 g/mol. The zero-order valence-electron chi connectivity index (χ0n) is 16.8. The molecular formula is C26H20FNO3. The molecule has 0 radical (unpaired) electrons. The van der Waals surface area contributed by atoms with Crippen LogP contribution >= 0.6 is 0 Å². The maximum Gasteiger partial charge on any atom is 0.239 e. The minimum Gasteiger partial charge on any atom is -0.392 e. The summed E-state index contributed by atoms with van der Waals surface area (Å²) in [6.45, 7) is 1.70. The number of hydrogen-bond donors (Lipinski definition) is 1. The molecule has 1 N–H and O–H groups in total. The van der Waals surface area contributed by atoms with Crippen molar-refractivity contribution < 1.29 is 19.1 Å². The molecule has 2 unspecified atom stereocenters. The van der Waals surface area contributed by atoms with Crippen molar-refractivity contribution in [3.05, 3.63) is 101 Å². The summed E-state index contributed by atoms with van der Waals surface area (Å²) in [6.07, 6.45) is -0.895. The Hall–Kier alpha value is -3.31. The first kappa shape index (κ1) is 18.5. The van der Waals surface area contributed by atoms with Crippen LogP contribution in [0.2, 0.25) is 0 Å². The summed E-state index contributed by atoms with van der Waals surface area (Å²) >= 11 is 0. The molecule has 154 valence electrons. The molecule has 1 saturated heterocycles. The van der Waals surface area contributed by atoms with E-state index in [2.05, 4.69) is 0 Å². The molecule has 1 heterocycles. The van der Waals surface area contributed by atoms with Crippen LogP contribution in [0.15, 0.2) is 72.8 Å². The second-order valence-corrected chi connectivity index (χ2v) is 8.69. The number of carbonyl (C=O) groups excluding carboxylic acids is 2. The number of hydrogen-bond acceptors (Lipinski definition) is 3. The molecule has 2 bridgehead atoms. The van der Waals surface area contributed by atoms with Gasteiger partial charge in [-0.05, 0) is 53.4 Å². The highest BCUT2D eigenvalue weighted by atomic mass is 19.1. The van der Waals surface area contributed by atoms with Crippen LogP contribution in [0.1, 0.15) is 35.1 Å². The number of nitrogens with zero attached hydrogens (tertiary/aromatic N) is 1. The lowest BCUT2D eigenvalue weighted by Gasteiger charge is -2.55. The molecule has 0 spiro atoms. The Morgan fingerprint density at radius 2 is 1.42 bits per heavy atom. The molecule has 0 saturated carbocycles. The van der Waals surface area contributed by atoms with Crippen molar-refractivity contribution in [1.82, 2.24) is 0 Å². The van der Waals surface area contributed by atoms with E-state index in [1.165, 1.54) is 29.2 Å². The quantitative estimate of drug-likeness (QED) is 0.651. The Morgan fingerprint density at radius 3 is 1.97 bits per heavy atom. The smallest absolute Gasteiger partial charge is 0.239 e. The number of benzene rings is 3. The summed E-state index contributed by atoms with van der Waals surface area (Å²) < 4.78 is 13.5. The Morgan fingerprint density at radius 1 is 0.871 bits per heavy atom. The summed E-state index contributed by atoms with van der Waals surface area (Å²) in [4.78, 5) is 28.8. The average molecular weight is 413 g/mol. The highest BCUT2D eigenvalue weighted by Crippen LogP contribution is 2.65. The molecule has 1 aliphatic heterocycles. The fourth-order valence-electron chi connectivity index (χ4n) is 6.38. The van der Waals surface area contributed by atoms with E-state index in [9.17, 15) is 19.1 Å². The van der Waals surface area contributed by atoms with Crippen molar-refractivity contribution in [3.63, 3.8) is 0 Å². The monoisotopic (exact) mass is 413 g/mol. The molecule has 4 aliphatic rings. The molecule has 3 aromatic rings. The van der Waals surface area contributed by atoms with Gasteiger partial charge in [-0.25, -0.2) is 9.29 Å². The number of imide groups is 1. The van der Waals surface area contributed by atoms with Crippen LogP contribution in [-0.4, -0.2) is 23.0 Å². The van der Waals surface area contributed by atoms with Gasteiger partial charge < -0.3 is 5.11 Å². The summed E-state index contributed by atoms with van der Waals surface area (Å²) in [5.74, 6) is -2.66. The van der Waals surface area contributed by atoms with Gasteiger partial charge in [-0.1, -0.05) is 48.5 Å². The van der Waals surface area contributed by atoms with Gasteiger partial charge >= 0.3 is 0 Å². The Labute approximate surface area is 178 Å². The van der Waals surface area contributed by atoms with Crippen LogP contribution in [0.4, 0.5) is 10.1 Å². The number of rotatable bonds is 2. The van der Waals surface area contributed by atoms with Gasteiger partial charge in [0.25, 0.3) is 0 Å². The number of anilines is 1. The Bertz CT molecular complexity index is 1200. The van der Waals surface area contributed by atoms with Crippen molar-refractivity contribution >= 4 is 17.5 Å². The zero-order valence-corrected chi connectivity index (χ0v) is 16.8. The molecule has 7 rings (SSSR count). The second-order valence-electron chi connectivity index (χ2n) is 8.69. The van der Waals surface area contributed by atoms with E-state index in [1.807, 2.05) is 48.5 Å². The standard InChI is InChI=1S/C26H20FNO3/c1-14(29)26-19-8-4-2-6-17(19)21(18-7-3-5-9-20(18)26)22-23(26)25(31)28(24(22)30)16-12-10-15(27)11-13-16/h2-14,21-23,29H,1H3/t14?,21?,22-,23?,26?/m1/s1. The minimum absolute atomic E-state index is 0.264. The third kappa shape index (κ3) is 2.07. The number of halogens is 1. The van der Waals surface area contributed by atoms with Crippen molar-refractivity contribution in [2.75, 3.05) is 4.90 Å². The van der Waals surface area contributed by atoms with Gasteiger partial charge in [0.2, 0.25) is 11.8 Å². The largest absolute Gasteiger partial charge is 0.392 e. The van der Waals surface area contributed by atoms with Crippen molar-refractivity contribution in [3.8, 4) is 0 Å². The van der Waals surface area contributed by atoms with Crippen LogP contribution < -0.4 is 4.90 Å². The predicted molar refractivity (Wildman–Crippen MR) is 113 cm³/mol. The van der Waals surface area contributed by atoms with Crippen LogP contribution in [-0.2, 0) is 15.0 Å². The van der Waals surface area contributed by atoms with Crippen molar-refractivity contribution in [2.45, 2.75) is 24.4 Å². The van der Waals surface area contributed by atoms with Gasteiger partial charge in [0.1, 0.15) is 5.82 Å². The second kappa shape index (κ2) is 6.11. The summed E-state index contributed by atoms with van der Waals surface area (Å²) in [7, 11) is 0. The van der Waals surface area contributed by atoms with E-state index >= 15 is 0 Å². The molecule has 4 nitrogen and oxygen atoms in total. The topological polar surface area (TPSA) is 57.6 Å². The van der Waals surface area contributed by atoms with E-state index in [-0.39, 0.29) is 17.7 Å². The van der Waals surface area contributed by atoms with E-state index in [0.29, 0.717) is 5.69 Å². The molecule has 1 fully saturated rings. The molecule has 3 aliphatic carbocycles. The number of aliphatic hydroxyl groups excluding tert-OH is 1. The van der Waals surface area contributed by atoms with Crippen LogP contribution in [0, 0.1) is 17.7 Å². The molecule has 3 aromatic carbocycles. The Balaban J connectivity index is 1.66. The Kier molecular flexibility index (Phi) is 3.64. The minimum atomic E-state index is -1.02. The van der Waals surface area contributed by atoms with E-state index in [4.69, 9.17) is 0 Å². The summed E-state index contributed by atoms with van der Waals surface area (Å²) in [6, 6.07) is 21.1. The maximum absolute atomic E-state index is 13.9. The lowest BCUT2D eigenvalue weighted by Crippen LogP contribution is -2.58. The fraction of sp³-hybridized carbons (Fsp3) is 0.231. The van der Waals surface area contributed by atoms with Gasteiger partial charge in [0, 0.05) is 5.92 Å². The van der Waals surface area contributed by atoms with Gasteiger partial charge in [0.05, 0.1) is 29.0 Å². The SMILES string of the molecule is CC(O)C12c3ccccc3C(c3ccccc31)[C@H]1C(=O)N(c3ccc(F)cc3)C(=O)C12. The van der Waals surface area contributed by atoms with Crippen LogP contribution in [0.3, 0.4) is 0 Å². The van der Waals surface area contributed by atoms with E-state index in [1.54, 1.807) is 6.92 Å². The molecule has 3 atom stereocenters. The third-order valence-electron chi connectivity index (χ3n) is 7.43. The van der Waals surface area contributed by atoms with E-state index < -0.39 is 29.2 Å². The highest BCUT2D eigenvalue weighted by molar-refractivity contribution is 6.23. The van der Waals surface area contributed by atoms with Gasteiger partial charge in [0.15, 0.2) is 0 Å². The first-order chi connectivity index (χ1) is 15.0. The van der Waals surface area contributed by atoms with Gasteiger partial charge in [-0.3, -0.25) is 9.59 Å². The number of aliphatic hydroxyl groups is 1. The maximum atomic E-state index is 13.9. The average Bonchev–Trinajstić information content (AvgIpc) is 3.05. The molecule has 31 heavy (non-hydrogen) atoms. The summed E-state index contributed by atoms with van der Waals surface area (Å²) in [5, 5.41) is 11.3. The normalized spacial score (nSPS) is 28.9. The number of amides is 2. The lowest BCUT2D eigenvalue weighted by molar-refractivity contribution is -0.126. The molecule has 2 amide bonds. The zero-order chi connectivity index (χ0) is 21.5. The third-order valence-corrected chi connectivity index (χ3v) is 7.43. The van der Waals surface area contributed by atoms with Crippen LogP contribution in [0.25, 0.3) is 0 Å².